The molecule has 3 heteroatoms. The van der Waals surface area contributed by atoms with Crippen molar-refractivity contribution in [2.24, 2.45) is 5.84 Å². The van der Waals surface area contributed by atoms with Crippen LogP contribution in [0.4, 0.5) is 4.39 Å². The normalized spacial score (nSPS) is 10.2. The lowest BCUT2D eigenvalue weighted by molar-refractivity contribution is 0.625. The van der Waals surface area contributed by atoms with Gasteiger partial charge in [-0.2, -0.15) is 0 Å². The van der Waals surface area contributed by atoms with Crippen molar-refractivity contribution in [3.8, 4) is 0 Å². The standard InChI is InChI=1S/C9H13FN2/c10-9-5-3-8(4-6-9)2-1-7-12-11/h3-6,12H,1-2,7,11H2. The summed E-state index contributed by atoms with van der Waals surface area (Å²) in [6, 6.07) is 6.55. The Labute approximate surface area is 71.6 Å². The van der Waals surface area contributed by atoms with Crippen molar-refractivity contribution in [3.63, 3.8) is 0 Å². The molecule has 0 amide bonds. The number of benzene rings is 1. The van der Waals surface area contributed by atoms with Crippen molar-refractivity contribution in [3.05, 3.63) is 35.6 Å². The van der Waals surface area contributed by atoms with E-state index in [1.807, 2.05) is 0 Å². The van der Waals surface area contributed by atoms with E-state index in [-0.39, 0.29) is 5.82 Å². The summed E-state index contributed by atoms with van der Waals surface area (Å²) >= 11 is 0. The van der Waals surface area contributed by atoms with Crippen LogP contribution in [0, 0.1) is 5.82 Å². The minimum atomic E-state index is -0.185. The third-order valence-corrected chi connectivity index (χ3v) is 1.70. The van der Waals surface area contributed by atoms with E-state index in [2.05, 4.69) is 5.43 Å². The lowest BCUT2D eigenvalue weighted by Crippen LogP contribution is -2.23. The number of hydrogen-bond acceptors (Lipinski definition) is 2. The van der Waals surface area contributed by atoms with E-state index in [0.29, 0.717) is 0 Å². The van der Waals surface area contributed by atoms with Gasteiger partial charge in [0.15, 0.2) is 0 Å². The van der Waals surface area contributed by atoms with Gasteiger partial charge in [0.1, 0.15) is 5.82 Å². The molecule has 1 rings (SSSR count). The molecule has 3 N–H and O–H groups in total. The molecule has 1 aromatic carbocycles. The molecular formula is C9H13FN2. The summed E-state index contributed by atoms with van der Waals surface area (Å²) in [7, 11) is 0. The molecule has 66 valence electrons. The Morgan fingerprint density at radius 2 is 1.92 bits per heavy atom. The van der Waals surface area contributed by atoms with E-state index in [9.17, 15) is 4.39 Å². The SMILES string of the molecule is NNCCCc1ccc(F)cc1. The number of hydrazine groups is 1. The van der Waals surface area contributed by atoms with E-state index in [1.54, 1.807) is 12.1 Å². The number of nitrogens with one attached hydrogen (secondary N) is 1. The molecule has 0 aromatic heterocycles. The monoisotopic (exact) mass is 168 g/mol. The molecule has 0 fully saturated rings. The molecule has 0 saturated carbocycles. The largest absolute Gasteiger partial charge is 0.271 e. The summed E-state index contributed by atoms with van der Waals surface area (Å²) in [4.78, 5) is 0. The minimum Gasteiger partial charge on any atom is -0.271 e. The van der Waals surface area contributed by atoms with Gasteiger partial charge in [0, 0.05) is 6.54 Å². The Morgan fingerprint density at radius 3 is 2.50 bits per heavy atom. The van der Waals surface area contributed by atoms with Crippen LogP contribution in [-0.2, 0) is 6.42 Å². The Morgan fingerprint density at radius 1 is 1.25 bits per heavy atom. The first-order chi connectivity index (χ1) is 5.83. The van der Waals surface area contributed by atoms with Crippen LogP contribution in [0.2, 0.25) is 0 Å². The molecule has 1 aromatic rings. The second-order valence-electron chi connectivity index (χ2n) is 2.68. The highest BCUT2D eigenvalue weighted by molar-refractivity contribution is 5.15. The molecule has 0 unspecified atom stereocenters. The van der Waals surface area contributed by atoms with E-state index < -0.39 is 0 Å². The summed E-state index contributed by atoms with van der Waals surface area (Å²) in [5, 5.41) is 0. The van der Waals surface area contributed by atoms with Crippen molar-refractivity contribution in [2.45, 2.75) is 12.8 Å². The summed E-state index contributed by atoms with van der Waals surface area (Å²) in [6.45, 7) is 0.789. The van der Waals surface area contributed by atoms with Crippen LogP contribution in [0.15, 0.2) is 24.3 Å². The maximum absolute atomic E-state index is 12.4. The summed E-state index contributed by atoms with van der Waals surface area (Å²) in [5.74, 6) is 4.92. The molecule has 0 atom stereocenters. The van der Waals surface area contributed by atoms with Crippen molar-refractivity contribution in [2.75, 3.05) is 6.54 Å². The molecule has 0 aliphatic heterocycles. The van der Waals surface area contributed by atoms with Crippen LogP contribution in [0.1, 0.15) is 12.0 Å². The molecule has 0 aliphatic carbocycles. The number of hydrogen-bond donors (Lipinski definition) is 2. The number of halogens is 1. The minimum absolute atomic E-state index is 0.185. The maximum Gasteiger partial charge on any atom is 0.123 e. The predicted molar refractivity (Wildman–Crippen MR) is 46.9 cm³/mol. The first kappa shape index (κ1) is 9.16. The highest BCUT2D eigenvalue weighted by Crippen LogP contribution is 2.04. The van der Waals surface area contributed by atoms with Gasteiger partial charge in [-0.25, -0.2) is 4.39 Å². The second-order valence-corrected chi connectivity index (χ2v) is 2.68. The van der Waals surface area contributed by atoms with Gasteiger partial charge in [-0.3, -0.25) is 11.3 Å². The first-order valence-electron chi connectivity index (χ1n) is 4.01. The lowest BCUT2D eigenvalue weighted by Gasteiger charge is -1.99. The Balaban J connectivity index is 2.37. The fourth-order valence-corrected chi connectivity index (χ4v) is 1.05. The van der Waals surface area contributed by atoms with Crippen LogP contribution in [0.25, 0.3) is 0 Å². The van der Waals surface area contributed by atoms with Gasteiger partial charge < -0.3 is 0 Å². The van der Waals surface area contributed by atoms with Crippen LogP contribution in [0.5, 0.6) is 0 Å². The maximum atomic E-state index is 12.4. The summed E-state index contributed by atoms with van der Waals surface area (Å²) < 4.78 is 12.4. The fraction of sp³-hybridized carbons (Fsp3) is 0.333. The number of rotatable bonds is 4. The van der Waals surface area contributed by atoms with E-state index >= 15 is 0 Å². The molecule has 0 bridgehead atoms. The Bertz CT molecular complexity index is 220. The topological polar surface area (TPSA) is 38.0 Å². The summed E-state index contributed by atoms with van der Waals surface area (Å²) in [6.07, 6.45) is 1.91. The first-order valence-corrected chi connectivity index (χ1v) is 4.01. The molecular weight excluding hydrogens is 155 g/mol. The van der Waals surface area contributed by atoms with E-state index in [0.717, 1.165) is 24.9 Å². The number of nitrogens with two attached hydrogens (primary N) is 1. The average molecular weight is 168 g/mol. The van der Waals surface area contributed by atoms with Crippen LogP contribution in [-0.4, -0.2) is 6.54 Å². The number of aryl methyl sites for hydroxylation is 1. The Hall–Kier alpha value is -0.930. The van der Waals surface area contributed by atoms with Crippen molar-refractivity contribution in [1.82, 2.24) is 5.43 Å². The van der Waals surface area contributed by atoms with Crippen LogP contribution < -0.4 is 11.3 Å². The van der Waals surface area contributed by atoms with Gasteiger partial charge in [-0.05, 0) is 30.5 Å². The third-order valence-electron chi connectivity index (χ3n) is 1.70. The third kappa shape index (κ3) is 2.98. The zero-order valence-corrected chi connectivity index (χ0v) is 6.89. The average Bonchev–Trinajstić information content (AvgIpc) is 2.09. The fourth-order valence-electron chi connectivity index (χ4n) is 1.05. The highest BCUT2D eigenvalue weighted by Gasteiger charge is 1.92. The van der Waals surface area contributed by atoms with Gasteiger partial charge in [0.25, 0.3) is 0 Å². The molecule has 0 aliphatic rings. The van der Waals surface area contributed by atoms with Gasteiger partial charge in [0.2, 0.25) is 0 Å². The molecule has 0 spiro atoms. The van der Waals surface area contributed by atoms with Crippen LogP contribution in [0.3, 0.4) is 0 Å². The predicted octanol–water partition coefficient (Wildman–Crippen LogP) is 1.22. The van der Waals surface area contributed by atoms with Gasteiger partial charge in [0.05, 0.1) is 0 Å². The second kappa shape index (κ2) is 4.85. The van der Waals surface area contributed by atoms with Crippen LogP contribution >= 0.6 is 0 Å². The quantitative estimate of drug-likeness (QED) is 0.403. The van der Waals surface area contributed by atoms with Gasteiger partial charge in [-0.15, -0.1) is 0 Å². The molecule has 0 saturated heterocycles. The zero-order valence-electron chi connectivity index (χ0n) is 6.89. The Kier molecular flexibility index (Phi) is 3.70. The zero-order chi connectivity index (χ0) is 8.81. The van der Waals surface area contributed by atoms with Gasteiger partial charge in [-0.1, -0.05) is 12.1 Å². The van der Waals surface area contributed by atoms with E-state index in [4.69, 9.17) is 5.84 Å². The molecule has 0 heterocycles. The van der Waals surface area contributed by atoms with Crippen molar-refractivity contribution >= 4 is 0 Å². The lowest BCUT2D eigenvalue weighted by atomic mass is 10.1. The van der Waals surface area contributed by atoms with Gasteiger partial charge >= 0.3 is 0 Å². The highest BCUT2D eigenvalue weighted by atomic mass is 19.1. The van der Waals surface area contributed by atoms with Crippen molar-refractivity contribution in [1.29, 1.82) is 0 Å². The molecule has 12 heavy (non-hydrogen) atoms. The smallest absolute Gasteiger partial charge is 0.123 e. The summed E-state index contributed by atoms with van der Waals surface area (Å²) in [5.41, 5.74) is 3.72. The molecule has 0 radical (unpaired) electrons. The van der Waals surface area contributed by atoms with E-state index in [1.165, 1.54) is 12.1 Å². The molecule has 2 nitrogen and oxygen atoms in total. The van der Waals surface area contributed by atoms with Crippen molar-refractivity contribution < 1.29 is 4.39 Å².